The summed E-state index contributed by atoms with van der Waals surface area (Å²) in [5.74, 6) is -0.729. The van der Waals surface area contributed by atoms with Gasteiger partial charge in [0, 0.05) is 24.5 Å². The number of ether oxygens (including phenoxy) is 1. The van der Waals surface area contributed by atoms with E-state index in [0.717, 1.165) is 17.9 Å². The van der Waals surface area contributed by atoms with Crippen LogP contribution in [0.25, 0.3) is 5.69 Å². The molecule has 1 aliphatic heterocycles. The van der Waals surface area contributed by atoms with Gasteiger partial charge in [0.05, 0.1) is 12.3 Å². The van der Waals surface area contributed by atoms with Crippen molar-refractivity contribution in [1.82, 2.24) is 15.1 Å². The lowest BCUT2D eigenvalue weighted by atomic mass is 10.2. The molecular weight excluding hydrogens is 335 g/mol. The van der Waals surface area contributed by atoms with Crippen molar-refractivity contribution in [2.75, 3.05) is 25.0 Å². The first-order chi connectivity index (χ1) is 11.0. The zero-order valence-electron chi connectivity index (χ0n) is 13.5. The van der Waals surface area contributed by atoms with Crippen LogP contribution in [-0.4, -0.2) is 41.5 Å². The van der Waals surface area contributed by atoms with Gasteiger partial charge in [0.15, 0.2) is 5.82 Å². The van der Waals surface area contributed by atoms with E-state index in [1.54, 1.807) is 16.8 Å². The van der Waals surface area contributed by atoms with Crippen molar-refractivity contribution in [1.29, 1.82) is 0 Å². The van der Waals surface area contributed by atoms with Crippen LogP contribution in [0, 0.1) is 19.7 Å². The molecule has 2 N–H and O–H groups in total. The van der Waals surface area contributed by atoms with Gasteiger partial charge in [0.1, 0.15) is 11.8 Å². The van der Waals surface area contributed by atoms with E-state index in [9.17, 15) is 9.18 Å². The van der Waals surface area contributed by atoms with Crippen molar-refractivity contribution in [3.63, 3.8) is 0 Å². The minimum absolute atomic E-state index is 0. The number of aryl methyl sites for hydroxylation is 2. The molecule has 3 rings (SSSR count). The van der Waals surface area contributed by atoms with Gasteiger partial charge in [-0.05, 0) is 38.1 Å². The second kappa shape index (κ2) is 7.74. The fourth-order valence-electron chi connectivity index (χ4n) is 2.59. The van der Waals surface area contributed by atoms with Gasteiger partial charge >= 0.3 is 0 Å². The van der Waals surface area contributed by atoms with Crippen LogP contribution in [0.5, 0.6) is 0 Å². The number of anilines is 1. The van der Waals surface area contributed by atoms with Gasteiger partial charge in [-0.3, -0.25) is 4.79 Å². The van der Waals surface area contributed by atoms with Crippen molar-refractivity contribution in [2.24, 2.45) is 0 Å². The van der Waals surface area contributed by atoms with Gasteiger partial charge in [-0.15, -0.1) is 12.4 Å². The van der Waals surface area contributed by atoms with Crippen LogP contribution in [0.3, 0.4) is 0 Å². The molecule has 8 heteroatoms. The third-order valence-corrected chi connectivity index (χ3v) is 3.67. The molecule has 0 aliphatic carbocycles. The quantitative estimate of drug-likeness (QED) is 0.884. The van der Waals surface area contributed by atoms with Crippen molar-refractivity contribution < 1.29 is 13.9 Å². The predicted molar refractivity (Wildman–Crippen MR) is 91.5 cm³/mol. The van der Waals surface area contributed by atoms with Crippen LogP contribution in [-0.2, 0) is 9.53 Å². The Morgan fingerprint density at radius 3 is 2.79 bits per heavy atom. The Balaban J connectivity index is 0.00000208. The Morgan fingerprint density at radius 2 is 2.21 bits per heavy atom. The molecule has 1 aromatic heterocycles. The summed E-state index contributed by atoms with van der Waals surface area (Å²) in [6.07, 6.45) is -0.553. The molecule has 130 valence electrons. The number of carbonyl (C=O) groups excluding carboxylic acids is 1. The van der Waals surface area contributed by atoms with Crippen LogP contribution < -0.4 is 10.6 Å². The van der Waals surface area contributed by atoms with E-state index < -0.39 is 11.9 Å². The van der Waals surface area contributed by atoms with Crippen LogP contribution in [0.4, 0.5) is 10.1 Å². The minimum atomic E-state index is -0.553. The summed E-state index contributed by atoms with van der Waals surface area (Å²) in [5, 5.41) is 10.0. The number of aromatic nitrogens is 2. The van der Waals surface area contributed by atoms with E-state index in [0.29, 0.717) is 24.5 Å². The van der Waals surface area contributed by atoms with E-state index in [-0.39, 0.29) is 18.3 Å². The Morgan fingerprint density at radius 1 is 1.42 bits per heavy atom. The normalized spacial score (nSPS) is 17.2. The first-order valence-corrected chi connectivity index (χ1v) is 7.51. The van der Waals surface area contributed by atoms with Crippen LogP contribution in [0.2, 0.25) is 0 Å². The maximum Gasteiger partial charge on any atom is 0.254 e. The van der Waals surface area contributed by atoms with Gasteiger partial charge in [0.2, 0.25) is 0 Å². The number of amides is 1. The van der Waals surface area contributed by atoms with E-state index in [2.05, 4.69) is 15.7 Å². The van der Waals surface area contributed by atoms with Crippen LogP contribution in [0.1, 0.15) is 11.4 Å². The fraction of sp³-hybridized carbons (Fsp3) is 0.375. The highest BCUT2D eigenvalue weighted by Crippen LogP contribution is 2.20. The molecule has 1 atom stereocenters. The molecule has 2 heterocycles. The average Bonchev–Trinajstić information content (AvgIpc) is 2.87. The first-order valence-electron chi connectivity index (χ1n) is 7.51. The molecule has 1 aliphatic rings. The molecule has 24 heavy (non-hydrogen) atoms. The van der Waals surface area contributed by atoms with Crippen molar-refractivity contribution in [2.45, 2.75) is 20.0 Å². The van der Waals surface area contributed by atoms with E-state index >= 15 is 0 Å². The summed E-state index contributed by atoms with van der Waals surface area (Å²) < 4.78 is 21.3. The predicted octanol–water partition coefficient (Wildman–Crippen LogP) is 1.98. The summed E-state index contributed by atoms with van der Waals surface area (Å²) in [7, 11) is 0. The highest BCUT2D eigenvalue weighted by molar-refractivity contribution is 5.94. The largest absolute Gasteiger partial charge is 0.366 e. The Hall–Kier alpha value is -1.96. The standard InChI is InChI=1S/C16H19FN4O2.ClH/c1-10-7-11(2)21(20-10)14-4-3-12(8-13(14)17)19-16(22)15-9-18-5-6-23-15;/h3-4,7-8,15,18H,5-6,9H2,1-2H3,(H,19,22);1H. The smallest absolute Gasteiger partial charge is 0.254 e. The van der Waals surface area contributed by atoms with Crippen LogP contribution >= 0.6 is 12.4 Å². The Bertz CT molecular complexity index is 729. The zero-order valence-corrected chi connectivity index (χ0v) is 14.3. The number of hydrogen-bond acceptors (Lipinski definition) is 4. The number of benzene rings is 1. The van der Waals surface area contributed by atoms with Crippen molar-refractivity contribution >= 4 is 24.0 Å². The average molecular weight is 355 g/mol. The number of nitrogens with one attached hydrogen (secondary N) is 2. The summed E-state index contributed by atoms with van der Waals surface area (Å²) in [4.78, 5) is 12.1. The monoisotopic (exact) mass is 354 g/mol. The summed E-state index contributed by atoms with van der Waals surface area (Å²) in [6, 6.07) is 6.43. The van der Waals surface area contributed by atoms with E-state index in [1.807, 2.05) is 19.9 Å². The third kappa shape index (κ3) is 3.92. The molecule has 2 aromatic rings. The number of rotatable bonds is 3. The minimum Gasteiger partial charge on any atom is -0.366 e. The summed E-state index contributed by atoms with van der Waals surface area (Å²) >= 11 is 0. The van der Waals surface area contributed by atoms with Crippen molar-refractivity contribution in [3.05, 3.63) is 41.5 Å². The molecule has 0 radical (unpaired) electrons. The molecule has 1 aromatic carbocycles. The Labute approximate surface area is 145 Å². The molecule has 6 nitrogen and oxygen atoms in total. The highest BCUT2D eigenvalue weighted by Gasteiger charge is 2.22. The number of morpholine rings is 1. The van der Waals surface area contributed by atoms with Gasteiger partial charge in [-0.1, -0.05) is 0 Å². The molecular formula is C16H20ClFN4O2. The maximum atomic E-state index is 14.4. The topological polar surface area (TPSA) is 68.2 Å². The summed E-state index contributed by atoms with van der Waals surface area (Å²) in [5.41, 5.74) is 2.41. The second-order valence-electron chi connectivity index (χ2n) is 5.56. The number of halogens is 2. The Kier molecular flexibility index (Phi) is 5.93. The SMILES string of the molecule is Cc1cc(C)n(-c2ccc(NC(=O)C3CNCCO3)cc2F)n1.Cl. The number of hydrogen-bond donors (Lipinski definition) is 2. The van der Waals surface area contributed by atoms with Crippen molar-refractivity contribution in [3.8, 4) is 5.69 Å². The van der Waals surface area contributed by atoms with E-state index in [1.165, 1.54) is 6.07 Å². The first kappa shape index (κ1) is 18.4. The third-order valence-electron chi connectivity index (χ3n) is 3.67. The number of carbonyl (C=O) groups is 1. The number of nitrogens with zero attached hydrogens (tertiary/aromatic N) is 2. The molecule has 0 bridgehead atoms. The lowest BCUT2D eigenvalue weighted by Crippen LogP contribution is -2.45. The fourth-order valence-corrected chi connectivity index (χ4v) is 2.59. The van der Waals surface area contributed by atoms with Crippen LogP contribution in [0.15, 0.2) is 24.3 Å². The van der Waals surface area contributed by atoms with E-state index in [4.69, 9.17) is 4.74 Å². The van der Waals surface area contributed by atoms with Gasteiger partial charge in [0.25, 0.3) is 5.91 Å². The second-order valence-corrected chi connectivity index (χ2v) is 5.56. The van der Waals surface area contributed by atoms with Gasteiger partial charge in [-0.25, -0.2) is 9.07 Å². The lowest BCUT2D eigenvalue weighted by molar-refractivity contribution is -0.128. The molecule has 1 fully saturated rings. The van der Waals surface area contributed by atoms with Gasteiger partial charge < -0.3 is 15.4 Å². The molecule has 0 saturated carbocycles. The molecule has 1 unspecified atom stereocenters. The zero-order chi connectivity index (χ0) is 16.4. The molecule has 1 saturated heterocycles. The maximum absolute atomic E-state index is 14.4. The molecule has 0 spiro atoms. The highest BCUT2D eigenvalue weighted by atomic mass is 35.5. The lowest BCUT2D eigenvalue weighted by Gasteiger charge is -2.22. The summed E-state index contributed by atoms with van der Waals surface area (Å²) in [6.45, 7) is 5.40. The van der Waals surface area contributed by atoms with Gasteiger partial charge in [-0.2, -0.15) is 5.10 Å². The molecule has 1 amide bonds.